The first-order chi connectivity index (χ1) is 12.7. The van der Waals surface area contributed by atoms with E-state index in [-0.39, 0.29) is 6.42 Å². The van der Waals surface area contributed by atoms with Crippen molar-refractivity contribution in [1.29, 1.82) is 0 Å². The molecule has 0 spiro atoms. The number of para-hydroxylation sites is 1. The molecule has 5 heteroatoms. The summed E-state index contributed by atoms with van der Waals surface area (Å²) in [6, 6.07) is 16.2. The fourth-order valence-electron chi connectivity index (χ4n) is 3.32. The number of aromatic amines is 1. The number of aliphatic carboxylic acids is 1. The van der Waals surface area contributed by atoms with E-state index in [1.807, 2.05) is 24.3 Å². The van der Waals surface area contributed by atoms with Gasteiger partial charge in [0.1, 0.15) is 5.75 Å². The Morgan fingerprint density at radius 3 is 2.92 bits per heavy atom. The zero-order valence-electron chi connectivity index (χ0n) is 14.3. The van der Waals surface area contributed by atoms with Gasteiger partial charge in [-0.1, -0.05) is 18.2 Å². The minimum absolute atomic E-state index is 0.00412. The molecule has 4 aromatic rings. The van der Waals surface area contributed by atoms with Crippen molar-refractivity contribution in [3.8, 4) is 5.75 Å². The average molecular weight is 348 g/mol. The lowest BCUT2D eigenvalue weighted by Crippen LogP contribution is -2.03. The number of ether oxygens (including phenoxy) is 1. The van der Waals surface area contributed by atoms with Gasteiger partial charge in [-0.15, -0.1) is 0 Å². The van der Waals surface area contributed by atoms with Crippen molar-refractivity contribution in [1.82, 2.24) is 9.55 Å². The molecule has 0 saturated carbocycles. The Labute approximate surface area is 150 Å². The van der Waals surface area contributed by atoms with Crippen molar-refractivity contribution >= 4 is 27.8 Å². The molecular formula is C21H20N2O3. The Kier molecular flexibility index (Phi) is 4.35. The lowest BCUT2D eigenvalue weighted by atomic mass is 10.1. The van der Waals surface area contributed by atoms with Crippen LogP contribution in [0, 0.1) is 0 Å². The molecule has 2 aromatic carbocycles. The monoisotopic (exact) mass is 348 g/mol. The lowest BCUT2D eigenvalue weighted by molar-refractivity contribution is -0.136. The minimum Gasteiger partial charge on any atom is -0.494 e. The Morgan fingerprint density at radius 1 is 1.15 bits per heavy atom. The molecule has 132 valence electrons. The van der Waals surface area contributed by atoms with E-state index in [0.29, 0.717) is 6.61 Å². The second-order valence-electron chi connectivity index (χ2n) is 6.36. The molecule has 0 radical (unpaired) electrons. The number of carboxylic acids is 1. The van der Waals surface area contributed by atoms with Crippen molar-refractivity contribution in [2.24, 2.45) is 0 Å². The summed E-state index contributed by atoms with van der Waals surface area (Å²) in [6.07, 6.45) is 4.75. The predicted octanol–water partition coefficient (Wildman–Crippen LogP) is 4.22. The molecule has 0 aliphatic rings. The van der Waals surface area contributed by atoms with Gasteiger partial charge in [-0.05, 0) is 47.7 Å². The van der Waals surface area contributed by atoms with Gasteiger partial charge in [-0.3, -0.25) is 4.79 Å². The number of hydrogen-bond donors (Lipinski definition) is 2. The average Bonchev–Trinajstić information content (AvgIpc) is 3.23. The molecule has 0 aliphatic heterocycles. The van der Waals surface area contributed by atoms with Crippen LogP contribution in [0.25, 0.3) is 21.8 Å². The molecule has 2 heterocycles. The summed E-state index contributed by atoms with van der Waals surface area (Å²) in [4.78, 5) is 14.1. The Bertz CT molecular complexity index is 1060. The van der Waals surface area contributed by atoms with Gasteiger partial charge < -0.3 is 19.4 Å². The maximum absolute atomic E-state index is 11.0. The fraction of sp³-hybridized carbons (Fsp3) is 0.190. The third-order valence-electron chi connectivity index (χ3n) is 4.57. The Balaban J connectivity index is 1.39. The number of rotatable bonds is 7. The number of aromatic nitrogens is 2. The minimum atomic E-state index is -0.837. The van der Waals surface area contributed by atoms with Crippen LogP contribution < -0.4 is 4.74 Å². The van der Waals surface area contributed by atoms with Crippen LogP contribution in [0.2, 0.25) is 0 Å². The van der Waals surface area contributed by atoms with Gasteiger partial charge in [0.2, 0.25) is 0 Å². The van der Waals surface area contributed by atoms with E-state index >= 15 is 0 Å². The molecule has 0 saturated heterocycles. The summed E-state index contributed by atoms with van der Waals surface area (Å²) in [5.74, 6) is -0.0720. The molecular weight excluding hydrogens is 328 g/mol. The molecule has 2 aromatic heterocycles. The van der Waals surface area contributed by atoms with Crippen molar-refractivity contribution in [2.75, 3.05) is 6.61 Å². The molecule has 0 aliphatic carbocycles. The maximum Gasteiger partial charge on any atom is 0.307 e. The highest BCUT2D eigenvalue weighted by atomic mass is 16.5. The van der Waals surface area contributed by atoms with Gasteiger partial charge in [0.15, 0.2) is 0 Å². The number of nitrogens with one attached hydrogen (secondary N) is 1. The van der Waals surface area contributed by atoms with Gasteiger partial charge in [-0.2, -0.15) is 0 Å². The highest BCUT2D eigenvalue weighted by Gasteiger charge is 2.09. The second kappa shape index (κ2) is 6.96. The molecule has 2 N–H and O–H groups in total. The molecule has 26 heavy (non-hydrogen) atoms. The summed E-state index contributed by atoms with van der Waals surface area (Å²) in [5, 5.41) is 11.2. The fourth-order valence-corrected chi connectivity index (χ4v) is 3.32. The van der Waals surface area contributed by atoms with E-state index in [0.717, 1.165) is 35.2 Å². The van der Waals surface area contributed by atoms with E-state index in [4.69, 9.17) is 9.84 Å². The zero-order chi connectivity index (χ0) is 17.9. The number of benzene rings is 2. The second-order valence-corrected chi connectivity index (χ2v) is 6.36. The van der Waals surface area contributed by atoms with Crippen molar-refractivity contribution in [3.63, 3.8) is 0 Å². The highest BCUT2D eigenvalue weighted by molar-refractivity contribution is 5.88. The van der Waals surface area contributed by atoms with E-state index in [1.54, 1.807) is 6.20 Å². The molecule has 0 bridgehead atoms. The van der Waals surface area contributed by atoms with Crippen LogP contribution in [0.3, 0.4) is 0 Å². The van der Waals surface area contributed by atoms with E-state index in [2.05, 4.69) is 40.0 Å². The van der Waals surface area contributed by atoms with E-state index in [9.17, 15) is 4.79 Å². The van der Waals surface area contributed by atoms with Gasteiger partial charge in [0, 0.05) is 35.4 Å². The maximum atomic E-state index is 11.0. The van der Waals surface area contributed by atoms with Gasteiger partial charge in [-0.25, -0.2) is 0 Å². The third-order valence-corrected chi connectivity index (χ3v) is 4.57. The number of carboxylic acid groups (broad SMARTS) is 1. The van der Waals surface area contributed by atoms with Crippen LogP contribution in [-0.2, 0) is 17.8 Å². The largest absolute Gasteiger partial charge is 0.494 e. The summed E-state index contributed by atoms with van der Waals surface area (Å²) in [5.41, 5.74) is 2.93. The van der Waals surface area contributed by atoms with Crippen molar-refractivity contribution in [2.45, 2.75) is 19.4 Å². The Hall–Kier alpha value is -3.21. The van der Waals surface area contributed by atoms with Crippen molar-refractivity contribution < 1.29 is 14.6 Å². The number of carbonyl (C=O) groups is 1. The quantitative estimate of drug-likeness (QED) is 0.491. The van der Waals surface area contributed by atoms with Crippen molar-refractivity contribution in [3.05, 3.63) is 66.5 Å². The first-order valence-electron chi connectivity index (χ1n) is 8.69. The van der Waals surface area contributed by atoms with Crippen LogP contribution >= 0.6 is 0 Å². The Morgan fingerprint density at radius 2 is 2.04 bits per heavy atom. The normalized spacial score (nSPS) is 11.2. The molecule has 0 unspecified atom stereocenters. The van der Waals surface area contributed by atoms with Crippen LogP contribution in [0.4, 0.5) is 0 Å². The van der Waals surface area contributed by atoms with Gasteiger partial charge in [0.25, 0.3) is 0 Å². The van der Waals surface area contributed by atoms with Crippen LogP contribution in [0.1, 0.15) is 12.0 Å². The molecule has 0 fully saturated rings. The van der Waals surface area contributed by atoms with Gasteiger partial charge in [0.05, 0.1) is 13.0 Å². The number of fused-ring (bicyclic) bond motifs is 2. The predicted molar refractivity (Wildman–Crippen MR) is 102 cm³/mol. The SMILES string of the molecule is O=C(O)Cc1c[nH]c2ccc(OCCCn3ccc4ccccc43)cc12. The topological polar surface area (TPSA) is 67.2 Å². The highest BCUT2D eigenvalue weighted by Crippen LogP contribution is 2.24. The summed E-state index contributed by atoms with van der Waals surface area (Å²) in [6.45, 7) is 1.50. The standard InChI is InChI=1S/C21H20N2O3/c24-21(25)12-16-14-22-19-7-6-17(13-18(16)19)26-11-3-9-23-10-8-15-4-1-2-5-20(15)23/h1-2,4-8,10,13-14,22H,3,9,11-12H2,(H,24,25). The smallest absolute Gasteiger partial charge is 0.307 e. The first-order valence-corrected chi connectivity index (χ1v) is 8.69. The summed E-state index contributed by atoms with van der Waals surface area (Å²) >= 11 is 0. The first kappa shape index (κ1) is 16.3. The van der Waals surface area contributed by atoms with Crippen LogP contribution in [-0.4, -0.2) is 27.2 Å². The molecule has 0 amide bonds. The molecule has 5 nitrogen and oxygen atoms in total. The molecule has 4 rings (SSSR count). The number of hydrogen-bond acceptors (Lipinski definition) is 2. The number of nitrogens with zero attached hydrogens (tertiary/aromatic N) is 1. The third kappa shape index (κ3) is 3.28. The lowest BCUT2D eigenvalue weighted by Gasteiger charge is -2.08. The zero-order valence-corrected chi connectivity index (χ0v) is 14.3. The summed E-state index contributed by atoms with van der Waals surface area (Å²) < 4.78 is 8.11. The van der Waals surface area contributed by atoms with Crippen LogP contribution in [0.15, 0.2) is 60.9 Å². The van der Waals surface area contributed by atoms with E-state index < -0.39 is 5.97 Å². The number of H-pyrrole nitrogens is 1. The molecule has 0 atom stereocenters. The van der Waals surface area contributed by atoms with E-state index in [1.165, 1.54) is 10.9 Å². The van der Waals surface area contributed by atoms with Gasteiger partial charge >= 0.3 is 5.97 Å². The summed E-state index contributed by atoms with van der Waals surface area (Å²) in [7, 11) is 0. The van der Waals surface area contributed by atoms with Crippen LogP contribution in [0.5, 0.6) is 5.75 Å². The number of aryl methyl sites for hydroxylation is 1.